The number of rotatable bonds is 6. The Morgan fingerprint density at radius 3 is 2.44 bits per heavy atom. The number of hydrogen-bond donors (Lipinski definition) is 2. The first-order chi connectivity index (χ1) is 12.7. The van der Waals surface area contributed by atoms with Crippen molar-refractivity contribution in [2.75, 3.05) is 5.32 Å². The molecule has 2 N–H and O–H groups in total. The number of benzene rings is 2. The van der Waals surface area contributed by atoms with Crippen LogP contribution in [0.5, 0.6) is 0 Å². The van der Waals surface area contributed by atoms with Crippen molar-refractivity contribution in [1.82, 2.24) is 4.72 Å². The number of hydrogen-bond acceptors (Lipinski definition) is 3. The Morgan fingerprint density at radius 1 is 1.04 bits per heavy atom. The fourth-order valence-electron chi connectivity index (χ4n) is 2.74. The van der Waals surface area contributed by atoms with E-state index in [1.54, 1.807) is 18.2 Å². The molecule has 1 amide bonds. The molecule has 1 aliphatic carbocycles. The summed E-state index contributed by atoms with van der Waals surface area (Å²) in [5.74, 6) is -0.308. The van der Waals surface area contributed by atoms with Crippen molar-refractivity contribution >= 4 is 27.7 Å². The summed E-state index contributed by atoms with van der Waals surface area (Å²) in [5.41, 5.74) is 4.91. The van der Waals surface area contributed by atoms with Crippen molar-refractivity contribution in [2.45, 2.75) is 44.6 Å². The summed E-state index contributed by atoms with van der Waals surface area (Å²) in [6.07, 6.45) is 4.98. The highest BCUT2D eigenvalue weighted by Crippen LogP contribution is 2.23. The SMILES string of the molecule is Cc1cc(C)c(/C=C/C(=O)Nc2cccc(S(=O)(=O)NC3CC3)c2)cc1C. The van der Waals surface area contributed by atoms with Gasteiger partial charge in [-0.3, -0.25) is 4.79 Å². The van der Waals surface area contributed by atoms with E-state index in [1.807, 2.05) is 19.9 Å². The van der Waals surface area contributed by atoms with E-state index >= 15 is 0 Å². The van der Waals surface area contributed by atoms with Gasteiger partial charge in [0, 0.05) is 17.8 Å². The minimum Gasteiger partial charge on any atom is -0.322 e. The van der Waals surface area contributed by atoms with Gasteiger partial charge in [-0.25, -0.2) is 13.1 Å². The Bertz CT molecular complexity index is 1010. The van der Waals surface area contributed by atoms with Crippen molar-refractivity contribution in [2.24, 2.45) is 0 Å². The molecule has 2 aromatic carbocycles. The van der Waals surface area contributed by atoms with Gasteiger partial charge in [-0.1, -0.05) is 18.2 Å². The van der Waals surface area contributed by atoms with Crippen LogP contribution in [0.1, 0.15) is 35.1 Å². The van der Waals surface area contributed by atoms with Crippen LogP contribution < -0.4 is 10.0 Å². The smallest absolute Gasteiger partial charge is 0.248 e. The molecule has 6 heteroatoms. The van der Waals surface area contributed by atoms with Gasteiger partial charge < -0.3 is 5.32 Å². The molecule has 142 valence electrons. The standard InChI is InChI=1S/C21H24N2O3S/c1-14-11-16(3)17(12-15(14)2)7-10-21(24)22-19-5-4-6-20(13-19)27(25,26)23-18-8-9-18/h4-7,10-13,18,23H,8-9H2,1-3H3,(H,22,24)/b10-7+. The van der Waals surface area contributed by atoms with Gasteiger partial charge in [0.2, 0.25) is 15.9 Å². The molecule has 0 atom stereocenters. The van der Waals surface area contributed by atoms with Crippen LogP contribution in [0.2, 0.25) is 0 Å². The van der Waals surface area contributed by atoms with E-state index in [1.165, 1.54) is 29.3 Å². The fourth-order valence-corrected chi connectivity index (χ4v) is 4.09. The maximum absolute atomic E-state index is 12.3. The Balaban J connectivity index is 1.71. The Morgan fingerprint density at radius 2 is 1.74 bits per heavy atom. The van der Waals surface area contributed by atoms with E-state index in [2.05, 4.69) is 23.0 Å². The topological polar surface area (TPSA) is 75.3 Å². The summed E-state index contributed by atoms with van der Waals surface area (Å²) in [7, 11) is -3.54. The monoisotopic (exact) mass is 384 g/mol. The first-order valence-electron chi connectivity index (χ1n) is 8.94. The highest BCUT2D eigenvalue weighted by atomic mass is 32.2. The lowest BCUT2D eigenvalue weighted by Crippen LogP contribution is -2.25. The molecule has 5 nitrogen and oxygen atoms in total. The van der Waals surface area contributed by atoms with Crippen molar-refractivity contribution in [3.05, 3.63) is 64.7 Å². The Kier molecular flexibility index (Phi) is 5.48. The molecule has 0 bridgehead atoms. The third-order valence-electron chi connectivity index (χ3n) is 4.61. The van der Waals surface area contributed by atoms with Gasteiger partial charge in [0.05, 0.1) is 4.90 Å². The summed E-state index contributed by atoms with van der Waals surface area (Å²) in [5, 5.41) is 2.72. The third kappa shape index (κ3) is 5.05. The van der Waals surface area contributed by atoms with Gasteiger partial charge in [-0.15, -0.1) is 0 Å². The molecular weight excluding hydrogens is 360 g/mol. The highest BCUT2D eigenvalue weighted by molar-refractivity contribution is 7.89. The number of anilines is 1. The molecule has 0 heterocycles. The van der Waals surface area contributed by atoms with E-state index in [9.17, 15) is 13.2 Å². The average Bonchev–Trinajstić information content (AvgIpc) is 3.40. The zero-order chi connectivity index (χ0) is 19.6. The molecule has 0 aromatic heterocycles. The number of nitrogens with one attached hydrogen (secondary N) is 2. The second-order valence-electron chi connectivity index (χ2n) is 7.04. The number of aryl methyl sites for hydroxylation is 3. The lowest BCUT2D eigenvalue weighted by molar-refractivity contribution is -0.111. The predicted molar refractivity (Wildman–Crippen MR) is 108 cm³/mol. The second kappa shape index (κ2) is 7.66. The Hall–Kier alpha value is -2.44. The van der Waals surface area contributed by atoms with Crippen LogP contribution in [0.3, 0.4) is 0 Å². The van der Waals surface area contributed by atoms with Crippen LogP contribution in [-0.2, 0) is 14.8 Å². The summed E-state index contributed by atoms with van der Waals surface area (Å²) in [6, 6.07) is 10.5. The van der Waals surface area contributed by atoms with E-state index in [4.69, 9.17) is 0 Å². The van der Waals surface area contributed by atoms with Gasteiger partial charge >= 0.3 is 0 Å². The first kappa shape index (κ1) is 19.3. The lowest BCUT2D eigenvalue weighted by Gasteiger charge is -2.08. The summed E-state index contributed by atoms with van der Waals surface area (Å²) in [6.45, 7) is 6.10. The first-order valence-corrected chi connectivity index (χ1v) is 10.4. The highest BCUT2D eigenvalue weighted by Gasteiger charge is 2.28. The molecule has 1 fully saturated rings. The van der Waals surface area contributed by atoms with E-state index in [0.717, 1.165) is 24.0 Å². The third-order valence-corrected chi connectivity index (χ3v) is 6.13. The molecule has 2 aromatic rings. The van der Waals surface area contributed by atoms with Gasteiger partial charge in [-0.2, -0.15) is 0 Å². The molecule has 0 aliphatic heterocycles. The molecule has 27 heavy (non-hydrogen) atoms. The number of amides is 1. The fraction of sp³-hybridized carbons (Fsp3) is 0.286. The predicted octanol–water partition coefficient (Wildman–Crippen LogP) is 3.70. The Labute approximate surface area is 160 Å². The molecule has 0 radical (unpaired) electrons. The van der Waals surface area contributed by atoms with Crippen LogP contribution in [0, 0.1) is 20.8 Å². The molecular formula is C21H24N2O3S. The molecule has 1 aliphatic rings. The van der Waals surface area contributed by atoms with E-state index in [0.29, 0.717) is 5.69 Å². The van der Waals surface area contributed by atoms with Gasteiger partial charge in [0.15, 0.2) is 0 Å². The minimum absolute atomic E-state index is 0.0392. The molecule has 0 saturated heterocycles. The lowest BCUT2D eigenvalue weighted by atomic mass is 10.0. The van der Waals surface area contributed by atoms with Crippen LogP contribution >= 0.6 is 0 Å². The quantitative estimate of drug-likeness (QED) is 0.746. The second-order valence-corrected chi connectivity index (χ2v) is 8.75. The normalized spacial score (nSPS) is 14.5. The van der Waals surface area contributed by atoms with Crippen LogP contribution in [-0.4, -0.2) is 20.4 Å². The average molecular weight is 385 g/mol. The number of sulfonamides is 1. The van der Waals surface area contributed by atoms with Gasteiger partial charge in [0.1, 0.15) is 0 Å². The largest absolute Gasteiger partial charge is 0.322 e. The maximum Gasteiger partial charge on any atom is 0.248 e. The van der Waals surface area contributed by atoms with Crippen molar-refractivity contribution in [3.63, 3.8) is 0 Å². The van der Waals surface area contributed by atoms with E-state index in [-0.39, 0.29) is 16.8 Å². The number of carbonyl (C=O) groups excluding carboxylic acids is 1. The molecule has 1 saturated carbocycles. The summed E-state index contributed by atoms with van der Waals surface area (Å²) < 4.78 is 27.2. The van der Waals surface area contributed by atoms with Gasteiger partial charge in [-0.05, 0) is 80.1 Å². The van der Waals surface area contributed by atoms with Crippen molar-refractivity contribution < 1.29 is 13.2 Å². The van der Waals surface area contributed by atoms with Crippen LogP contribution in [0.25, 0.3) is 6.08 Å². The van der Waals surface area contributed by atoms with Crippen LogP contribution in [0.15, 0.2) is 47.4 Å². The summed E-state index contributed by atoms with van der Waals surface area (Å²) in [4.78, 5) is 12.4. The van der Waals surface area contributed by atoms with Crippen molar-refractivity contribution in [1.29, 1.82) is 0 Å². The minimum atomic E-state index is -3.54. The maximum atomic E-state index is 12.3. The van der Waals surface area contributed by atoms with Gasteiger partial charge in [0.25, 0.3) is 0 Å². The molecule has 0 unspecified atom stereocenters. The van der Waals surface area contributed by atoms with E-state index < -0.39 is 10.0 Å². The molecule has 3 rings (SSSR count). The zero-order valence-electron chi connectivity index (χ0n) is 15.7. The number of carbonyl (C=O) groups is 1. The molecule has 0 spiro atoms. The zero-order valence-corrected chi connectivity index (χ0v) is 16.6. The van der Waals surface area contributed by atoms with Crippen LogP contribution in [0.4, 0.5) is 5.69 Å². The van der Waals surface area contributed by atoms with Crippen molar-refractivity contribution in [3.8, 4) is 0 Å². The summed E-state index contributed by atoms with van der Waals surface area (Å²) >= 11 is 0.